The van der Waals surface area contributed by atoms with Crippen molar-refractivity contribution < 1.29 is 14.7 Å². The van der Waals surface area contributed by atoms with Gasteiger partial charge in [0.25, 0.3) is 0 Å². The number of aromatic hydroxyl groups is 1. The molecule has 0 unspecified atom stereocenters. The van der Waals surface area contributed by atoms with Crippen LogP contribution in [0, 0.1) is 6.92 Å². The lowest BCUT2D eigenvalue weighted by Gasteiger charge is -2.13. The molecule has 0 aliphatic carbocycles. The van der Waals surface area contributed by atoms with E-state index in [1.807, 2.05) is 31.2 Å². The van der Waals surface area contributed by atoms with E-state index in [0.29, 0.717) is 23.1 Å². The van der Waals surface area contributed by atoms with Crippen LogP contribution in [-0.4, -0.2) is 38.8 Å². The van der Waals surface area contributed by atoms with E-state index in [1.165, 1.54) is 22.7 Å². The number of nitrogens with zero attached hydrogens (tertiary/aromatic N) is 2. The van der Waals surface area contributed by atoms with Crippen LogP contribution in [0.15, 0.2) is 66.2 Å². The number of hydrogen-bond donors (Lipinski definition) is 2. The summed E-state index contributed by atoms with van der Waals surface area (Å²) in [5.74, 6) is -0.310. The van der Waals surface area contributed by atoms with Crippen molar-refractivity contribution in [2.24, 2.45) is 4.99 Å². The molecule has 0 saturated carbocycles. The molecule has 0 aromatic heterocycles. The largest absolute Gasteiger partial charge is 0.508 e. The van der Waals surface area contributed by atoms with Gasteiger partial charge < -0.3 is 10.4 Å². The van der Waals surface area contributed by atoms with E-state index >= 15 is 0 Å². The first-order valence-corrected chi connectivity index (χ1v) is 9.67. The second-order valence-electron chi connectivity index (χ2n) is 6.38. The number of amidine groups is 1. The van der Waals surface area contributed by atoms with E-state index < -0.39 is 5.25 Å². The van der Waals surface area contributed by atoms with Gasteiger partial charge in [0.1, 0.15) is 11.0 Å². The maximum Gasteiger partial charge on any atom is 0.242 e. The minimum atomic E-state index is -0.554. The zero-order chi connectivity index (χ0) is 20.1. The van der Waals surface area contributed by atoms with E-state index in [1.54, 1.807) is 24.3 Å². The molecule has 144 valence electrons. The van der Waals surface area contributed by atoms with Crippen LogP contribution < -0.4 is 5.32 Å². The van der Waals surface area contributed by atoms with Gasteiger partial charge in [-0.1, -0.05) is 41.6 Å². The van der Waals surface area contributed by atoms with Crippen molar-refractivity contribution in [2.45, 2.75) is 18.6 Å². The molecular weight excluding hydrogens is 374 g/mol. The molecule has 1 fully saturated rings. The van der Waals surface area contributed by atoms with Crippen LogP contribution >= 0.6 is 11.8 Å². The summed E-state index contributed by atoms with van der Waals surface area (Å²) < 4.78 is 0. The number of phenolic OH excluding ortho intramolecular Hbond substituents is 1. The normalized spacial score (nSPS) is 17.8. The van der Waals surface area contributed by atoms with Crippen LogP contribution in [0.1, 0.15) is 12.0 Å². The number of phenols is 1. The maximum atomic E-state index is 12.7. The fourth-order valence-corrected chi connectivity index (χ4v) is 3.88. The average molecular weight is 395 g/mol. The lowest BCUT2D eigenvalue weighted by atomic mass is 10.2. The van der Waals surface area contributed by atoms with E-state index in [4.69, 9.17) is 0 Å². The fourth-order valence-electron chi connectivity index (χ4n) is 2.71. The SMILES string of the molecule is C=CCN1C(=O)[C@@H](CC(=O)Nc2ccc(C)cc2)SC1=Nc1cccc(O)c1. The molecule has 0 radical (unpaired) electrons. The molecule has 7 heteroatoms. The van der Waals surface area contributed by atoms with Crippen LogP contribution in [0.4, 0.5) is 11.4 Å². The molecule has 2 N–H and O–H groups in total. The quantitative estimate of drug-likeness (QED) is 0.728. The molecule has 2 amide bonds. The summed E-state index contributed by atoms with van der Waals surface area (Å²) >= 11 is 1.24. The molecule has 1 aliphatic heterocycles. The molecule has 1 aliphatic rings. The number of aryl methyl sites for hydroxylation is 1. The second-order valence-corrected chi connectivity index (χ2v) is 7.55. The third-order valence-electron chi connectivity index (χ3n) is 4.09. The zero-order valence-corrected chi connectivity index (χ0v) is 16.3. The molecule has 6 nitrogen and oxygen atoms in total. The molecule has 2 aromatic rings. The smallest absolute Gasteiger partial charge is 0.242 e. The molecule has 28 heavy (non-hydrogen) atoms. The molecule has 1 atom stereocenters. The average Bonchev–Trinajstić information content (AvgIpc) is 2.93. The Morgan fingerprint density at radius 2 is 2.07 bits per heavy atom. The van der Waals surface area contributed by atoms with Gasteiger partial charge in [0.2, 0.25) is 11.8 Å². The second kappa shape index (κ2) is 8.75. The Morgan fingerprint density at radius 1 is 1.32 bits per heavy atom. The summed E-state index contributed by atoms with van der Waals surface area (Å²) in [6.07, 6.45) is 1.66. The van der Waals surface area contributed by atoms with E-state index in [-0.39, 0.29) is 24.0 Å². The molecule has 0 bridgehead atoms. The third-order valence-corrected chi connectivity index (χ3v) is 5.27. The highest BCUT2D eigenvalue weighted by Gasteiger charge is 2.38. The Hall–Kier alpha value is -3.06. The summed E-state index contributed by atoms with van der Waals surface area (Å²) in [5, 5.41) is 12.4. The Bertz CT molecular complexity index is 925. The Balaban J connectivity index is 1.73. The number of amides is 2. The van der Waals surface area contributed by atoms with Gasteiger partial charge >= 0.3 is 0 Å². The van der Waals surface area contributed by atoms with Gasteiger partial charge in [0.05, 0.1) is 5.69 Å². The topological polar surface area (TPSA) is 82.0 Å². The molecule has 1 heterocycles. The number of benzene rings is 2. The number of aliphatic imine (C=N–C) groups is 1. The predicted octanol–water partition coefficient (Wildman–Crippen LogP) is 3.85. The standard InChI is InChI=1S/C21H21N3O3S/c1-3-11-24-20(27)18(13-19(26)22-15-9-7-14(2)8-10-15)28-21(24)23-16-5-4-6-17(25)12-16/h3-10,12,18,25H,1,11,13H2,2H3,(H,22,26)/t18-/m1/s1. The highest BCUT2D eigenvalue weighted by atomic mass is 32.2. The van der Waals surface area contributed by atoms with E-state index in [2.05, 4.69) is 16.9 Å². The molecule has 3 rings (SSSR count). The summed E-state index contributed by atoms with van der Waals surface area (Å²) in [6.45, 7) is 5.96. The van der Waals surface area contributed by atoms with Gasteiger partial charge in [-0.15, -0.1) is 6.58 Å². The maximum absolute atomic E-state index is 12.7. The van der Waals surface area contributed by atoms with Gasteiger partial charge in [0, 0.05) is 24.7 Å². The summed E-state index contributed by atoms with van der Waals surface area (Å²) in [7, 11) is 0. The number of thioether (sulfide) groups is 1. The highest BCUT2D eigenvalue weighted by Crippen LogP contribution is 2.32. The van der Waals surface area contributed by atoms with Gasteiger partial charge in [-0.3, -0.25) is 14.5 Å². The molecular formula is C21H21N3O3S. The van der Waals surface area contributed by atoms with Crippen LogP contribution in [0.25, 0.3) is 0 Å². The predicted molar refractivity (Wildman–Crippen MR) is 113 cm³/mol. The lowest BCUT2D eigenvalue weighted by Crippen LogP contribution is -2.33. The van der Waals surface area contributed by atoms with Crippen LogP contribution in [0.2, 0.25) is 0 Å². The van der Waals surface area contributed by atoms with Crippen molar-refractivity contribution in [2.75, 3.05) is 11.9 Å². The Labute approximate surface area is 168 Å². The van der Waals surface area contributed by atoms with Crippen molar-refractivity contribution in [3.8, 4) is 5.75 Å². The van der Waals surface area contributed by atoms with Crippen molar-refractivity contribution >= 4 is 40.1 Å². The van der Waals surface area contributed by atoms with E-state index in [9.17, 15) is 14.7 Å². The zero-order valence-electron chi connectivity index (χ0n) is 15.5. The van der Waals surface area contributed by atoms with E-state index in [0.717, 1.165) is 5.56 Å². The first-order valence-electron chi connectivity index (χ1n) is 8.79. The van der Waals surface area contributed by atoms with Gasteiger partial charge in [0.15, 0.2) is 5.17 Å². The van der Waals surface area contributed by atoms with Crippen LogP contribution in [0.5, 0.6) is 5.75 Å². The third kappa shape index (κ3) is 4.80. The number of carbonyl (C=O) groups is 2. The first-order chi connectivity index (χ1) is 13.5. The van der Waals surface area contributed by atoms with Crippen molar-refractivity contribution in [1.29, 1.82) is 0 Å². The number of hydrogen-bond acceptors (Lipinski definition) is 5. The highest BCUT2D eigenvalue weighted by molar-refractivity contribution is 8.15. The van der Waals surface area contributed by atoms with Crippen molar-refractivity contribution in [1.82, 2.24) is 4.90 Å². The minimum absolute atomic E-state index is 0.0457. The number of nitrogens with one attached hydrogen (secondary N) is 1. The van der Waals surface area contributed by atoms with Crippen molar-refractivity contribution in [3.63, 3.8) is 0 Å². The fraction of sp³-hybridized carbons (Fsp3) is 0.190. The van der Waals surface area contributed by atoms with Crippen LogP contribution in [0.3, 0.4) is 0 Å². The minimum Gasteiger partial charge on any atom is -0.508 e. The summed E-state index contributed by atoms with van der Waals surface area (Å²) in [4.78, 5) is 31.1. The van der Waals surface area contributed by atoms with Gasteiger partial charge in [-0.25, -0.2) is 4.99 Å². The summed E-state index contributed by atoms with van der Waals surface area (Å²) in [5.41, 5.74) is 2.34. The number of carbonyl (C=O) groups excluding carboxylic acids is 2. The molecule has 0 spiro atoms. The number of anilines is 1. The lowest BCUT2D eigenvalue weighted by molar-refractivity contribution is -0.127. The van der Waals surface area contributed by atoms with Crippen LogP contribution in [-0.2, 0) is 9.59 Å². The Kier molecular flexibility index (Phi) is 6.16. The van der Waals surface area contributed by atoms with Gasteiger partial charge in [-0.05, 0) is 31.2 Å². The molecule has 1 saturated heterocycles. The first kappa shape index (κ1) is 19.7. The molecule has 2 aromatic carbocycles. The Morgan fingerprint density at radius 3 is 2.75 bits per heavy atom. The monoisotopic (exact) mass is 395 g/mol. The van der Waals surface area contributed by atoms with Gasteiger partial charge in [-0.2, -0.15) is 0 Å². The number of rotatable bonds is 6. The summed E-state index contributed by atoms with van der Waals surface area (Å²) in [6, 6.07) is 14.0. The van der Waals surface area contributed by atoms with Crippen molar-refractivity contribution in [3.05, 3.63) is 66.7 Å².